The first-order chi connectivity index (χ1) is 15.0. The van der Waals surface area contributed by atoms with Crippen LogP contribution in [-0.4, -0.2) is 58.7 Å². The molecule has 10 heteroatoms. The number of aromatic nitrogens is 2. The van der Waals surface area contributed by atoms with Crippen LogP contribution in [0.4, 0.5) is 9.18 Å². The zero-order valence-electron chi connectivity index (χ0n) is 17.5. The number of likely N-dealkylation sites (tertiary alicyclic amines) is 1. The third-order valence-electron chi connectivity index (χ3n) is 4.74. The van der Waals surface area contributed by atoms with Crippen LogP contribution in [0.25, 0.3) is 0 Å². The summed E-state index contributed by atoms with van der Waals surface area (Å²) in [6, 6.07) is 4.26. The standard InChI is InChI=1S/C21H26FN3O6/c1-3-28-10-11-29-15-7-8-17(16(22)12-15)30-19-14(2)20(24-13-23-19)31-18-6-4-5-9-25(18)21(26)27/h7-8,12-13,18H,3-6,9-11H2,1-2H3,(H,26,27). The van der Waals surface area contributed by atoms with Gasteiger partial charge in [-0.15, -0.1) is 0 Å². The van der Waals surface area contributed by atoms with Crippen molar-refractivity contribution in [3.8, 4) is 23.3 Å². The molecule has 1 aliphatic rings. The Bertz CT molecular complexity index is 897. The number of hydrogen-bond donors (Lipinski definition) is 1. The molecule has 0 bridgehead atoms. The molecule has 1 fully saturated rings. The minimum absolute atomic E-state index is 0.0327. The number of ether oxygens (including phenoxy) is 4. The van der Waals surface area contributed by atoms with Crippen molar-refractivity contribution in [2.45, 2.75) is 39.3 Å². The molecule has 1 unspecified atom stereocenters. The van der Waals surface area contributed by atoms with Crippen molar-refractivity contribution in [2.75, 3.05) is 26.4 Å². The van der Waals surface area contributed by atoms with E-state index in [9.17, 15) is 14.3 Å². The number of rotatable bonds is 9. The average Bonchev–Trinajstić information content (AvgIpc) is 2.76. The smallest absolute Gasteiger partial charge is 0.410 e. The molecule has 2 aromatic rings. The Morgan fingerprint density at radius 1 is 1.26 bits per heavy atom. The van der Waals surface area contributed by atoms with E-state index in [1.807, 2.05) is 6.92 Å². The Balaban J connectivity index is 1.69. The van der Waals surface area contributed by atoms with Gasteiger partial charge in [-0.25, -0.2) is 19.2 Å². The fraction of sp³-hybridized carbons (Fsp3) is 0.476. The first-order valence-electron chi connectivity index (χ1n) is 10.1. The SMILES string of the molecule is CCOCCOc1ccc(Oc2ncnc(OC3CCCCN3C(=O)O)c2C)c(F)c1. The van der Waals surface area contributed by atoms with Crippen LogP contribution in [0.5, 0.6) is 23.3 Å². The molecule has 1 N–H and O–H groups in total. The lowest BCUT2D eigenvalue weighted by Crippen LogP contribution is -2.46. The number of benzene rings is 1. The molecule has 1 saturated heterocycles. The van der Waals surface area contributed by atoms with Gasteiger partial charge >= 0.3 is 6.09 Å². The summed E-state index contributed by atoms with van der Waals surface area (Å²) >= 11 is 0. The maximum atomic E-state index is 14.5. The molecule has 1 aromatic carbocycles. The second-order valence-corrected chi connectivity index (χ2v) is 6.89. The summed E-state index contributed by atoms with van der Waals surface area (Å²) < 4.78 is 36.6. The van der Waals surface area contributed by atoms with Crippen molar-refractivity contribution in [2.24, 2.45) is 0 Å². The van der Waals surface area contributed by atoms with Crippen LogP contribution in [0.2, 0.25) is 0 Å². The number of piperidine rings is 1. The summed E-state index contributed by atoms with van der Waals surface area (Å²) in [5.41, 5.74) is 0.440. The summed E-state index contributed by atoms with van der Waals surface area (Å²) in [6.45, 7) is 5.27. The van der Waals surface area contributed by atoms with E-state index >= 15 is 0 Å². The Morgan fingerprint density at radius 2 is 2.06 bits per heavy atom. The minimum Gasteiger partial charge on any atom is -0.491 e. The van der Waals surface area contributed by atoms with Gasteiger partial charge in [0, 0.05) is 25.6 Å². The van der Waals surface area contributed by atoms with Crippen LogP contribution in [0.15, 0.2) is 24.5 Å². The van der Waals surface area contributed by atoms with Crippen LogP contribution in [0, 0.1) is 12.7 Å². The van der Waals surface area contributed by atoms with Gasteiger partial charge in [0.1, 0.15) is 18.7 Å². The van der Waals surface area contributed by atoms with E-state index in [0.29, 0.717) is 44.1 Å². The van der Waals surface area contributed by atoms with Gasteiger partial charge in [0.15, 0.2) is 17.8 Å². The van der Waals surface area contributed by atoms with Gasteiger partial charge in [-0.1, -0.05) is 0 Å². The largest absolute Gasteiger partial charge is 0.491 e. The molecule has 0 spiro atoms. The van der Waals surface area contributed by atoms with Crippen molar-refractivity contribution in [3.63, 3.8) is 0 Å². The highest BCUT2D eigenvalue weighted by molar-refractivity contribution is 5.65. The third kappa shape index (κ3) is 5.94. The number of amides is 1. The molecule has 168 valence electrons. The molecule has 0 aliphatic carbocycles. The van der Waals surface area contributed by atoms with Crippen LogP contribution in [0.3, 0.4) is 0 Å². The van der Waals surface area contributed by atoms with Crippen LogP contribution in [0.1, 0.15) is 31.7 Å². The Hall–Kier alpha value is -3.14. The lowest BCUT2D eigenvalue weighted by Gasteiger charge is -2.33. The fourth-order valence-corrected chi connectivity index (χ4v) is 3.13. The lowest BCUT2D eigenvalue weighted by atomic mass is 10.1. The molecule has 2 heterocycles. The van der Waals surface area contributed by atoms with E-state index < -0.39 is 18.1 Å². The van der Waals surface area contributed by atoms with E-state index in [2.05, 4.69) is 9.97 Å². The first kappa shape index (κ1) is 22.5. The molecular formula is C21H26FN3O6. The van der Waals surface area contributed by atoms with Crippen LogP contribution >= 0.6 is 0 Å². The predicted octanol–water partition coefficient (Wildman–Crippen LogP) is 4.00. The van der Waals surface area contributed by atoms with E-state index in [1.54, 1.807) is 13.0 Å². The Kier molecular flexibility index (Phi) is 7.82. The summed E-state index contributed by atoms with van der Waals surface area (Å²) in [4.78, 5) is 20.8. The molecule has 0 saturated carbocycles. The van der Waals surface area contributed by atoms with Crippen molar-refractivity contribution in [1.29, 1.82) is 0 Å². The highest BCUT2D eigenvalue weighted by Gasteiger charge is 2.29. The van der Waals surface area contributed by atoms with Crippen molar-refractivity contribution in [1.82, 2.24) is 14.9 Å². The molecule has 1 aliphatic heterocycles. The second-order valence-electron chi connectivity index (χ2n) is 6.89. The van der Waals surface area contributed by atoms with E-state index in [-0.39, 0.29) is 17.5 Å². The van der Waals surface area contributed by atoms with E-state index in [4.69, 9.17) is 18.9 Å². The van der Waals surface area contributed by atoms with Gasteiger partial charge in [-0.05, 0) is 38.8 Å². The van der Waals surface area contributed by atoms with E-state index in [1.165, 1.54) is 23.4 Å². The van der Waals surface area contributed by atoms with Gasteiger partial charge in [-0.2, -0.15) is 0 Å². The molecule has 9 nitrogen and oxygen atoms in total. The first-order valence-corrected chi connectivity index (χ1v) is 10.1. The summed E-state index contributed by atoms with van der Waals surface area (Å²) in [5, 5.41) is 9.37. The van der Waals surface area contributed by atoms with Gasteiger partial charge < -0.3 is 24.1 Å². The number of halogens is 1. The number of carboxylic acid groups (broad SMARTS) is 1. The Labute approximate surface area is 179 Å². The molecule has 0 radical (unpaired) electrons. The molecule has 3 rings (SSSR count). The maximum Gasteiger partial charge on any atom is 0.410 e. The summed E-state index contributed by atoms with van der Waals surface area (Å²) in [6.07, 6.45) is 1.75. The number of hydrogen-bond acceptors (Lipinski definition) is 7. The van der Waals surface area contributed by atoms with Crippen molar-refractivity contribution in [3.05, 3.63) is 35.9 Å². The molecular weight excluding hydrogens is 409 g/mol. The summed E-state index contributed by atoms with van der Waals surface area (Å²) in [7, 11) is 0. The zero-order chi connectivity index (χ0) is 22.2. The third-order valence-corrected chi connectivity index (χ3v) is 4.74. The fourth-order valence-electron chi connectivity index (χ4n) is 3.13. The predicted molar refractivity (Wildman–Crippen MR) is 108 cm³/mol. The topological polar surface area (TPSA) is 103 Å². The molecule has 1 atom stereocenters. The van der Waals surface area contributed by atoms with Crippen LogP contribution < -0.4 is 14.2 Å². The van der Waals surface area contributed by atoms with Crippen molar-refractivity contribution >= 4 is 6.09 Å². The van der Waals surface area contributed by atoms with Gasteiger partial charge in [0.25, 0.3) is 0 Å². The Morgan fingerprint density at radius 3 is 2.81 bits per heavy atom. The maximum absolute atomic E-state index is 14.5. The summed E-state index contributed by atoms with van der Waals surface area (Å²) in [5.74, 6) is 0.0264. The normalized spacial score (nSPS) is 16.1. The number of carbonyl (C=O) groups is 1. The lowest BCUT2D eigenvalue weighted by molar-refractivity contribution is 0.00273. The quantitative estimate of drug-likeness (QED) is 0.590. The highest BCUT2D eigenvalue weighted by atomic mass is 19.1. The molecule has 31 heavy (non-hydrogen) atoms. The molecule has 1 amide bonds. The minimum atomic E-state index is -1.04. The second kappa shape index (κ2) is 10.8. The molecule has 1 aromatic heterocycles. The average molecular weight is 435 g/mol. The van der Waals surface area contributed by atoms with Crippen molar-refractivity contribution < 1.29 is 33.2 Å². The van der Waals surface area contributed by atoms with Gasteiger partial charge in [0.2, 0.25) is 11.8 Å². The monoisotopic (exact) mass is 435 g/mol. The van der Waals surface area contributed by atoms with Gasteiger partial charge in [0.05, 0.1) is 12.2 Å². The van der Waals surface area contributed by atoms with Crippen LogP contribution in [-0.2, 0) is 4.74 Å². The van der Waals surface area contributed by atoms with E-state index in [0.717, 1.165) is 12.8 Å². The number of nitrogens with zero attached hydrogens (tertiary/aromatic N) is 3. The van der Waals surface area contributed by atoms with Gasteiger partial charge in [-0.3, -0.25) is 4.90 Å². The highest BCUT2D eigenvalue weighted by Crippen LogP contribution is 2.32. The zero-order valence-corrected chi connectivity index (χ0v) is 17.5.